The Morgan fingerprint density at radius 1 is 1.27 bits per heavy atom. The molecule has 0 radical (unpaired) electrons. The fraction of sp³-hybridized carbons (Fsp3) is 0.682. The first-order valence-electron chi connectivity index (χ1n) is 10.9. The molecule has 2 aromatic rings. The van der Waals surface area contributed by atoms with E-state index in [2.05, 4.69) is 41.7 Å². The van der Waals surface area contributed by atoms with Gasteiger partial charge in [0.15, 0.2) is 0 Å². The summed E-state index contributed by atoms with van der Waals surface area (Å²) in [6.07, 6.45) is 5.19. The van der Waals surface area contributed by atoms with E-state index < -0.39 is 0 Å². The van der Waals surface area contributed by atoms with Gasteiger partial charge in [0.2, 0.25) is 0 Å². The normalized spacial score (nSPS) is 19.8. The van der Waals surface area contributed by atoms with Crippen LogP contribution in [0, 0.1) is 12.3 Å². The number of carbonyl (C=O) groups is 1. The second-order valence-corrected chi connectivity index (χ2v) is 9.80. The minimum absolute atomic E-state index is 0.145. The predicted molar refractivity (Wildman–Crippen MR) is 119 cm³/mol. The van der Waals surface area contributed by atoms with Crippen LogP contribution in [0.2, 0.25) is 5.15 Å². The number of rotatable bonds is 7. The highest BCUT2D eigenvalue weighted by Crippen LogP contribution is 2.29. The number of aromatic nitrogens is 3. The summed E-state index contributed by atoms with van der Waals surface area (Å²) in [5.74, 6) is 0.468. The fourth-order valence-electron chi connectivity index (χ4n) is 3.86. The number of carbonyl (C=O) groups excluding carboxylic acids is 1. The van der Waals surface area contributed by atoms with Crippen LogP contribution in [0.1, 0.15) is 75.9 Å². The number of hydrogen-bond acceptors (Lipinski definition) is 5. The molecule has 0 atom stereocenters. The van der Waals surface area contributed by atoms with Crippen molar-refractivity contribution in [2.45, 2.75) is 85.4 Å². The van der Waals surface area contributed by atoms with Gasteiger partial charge in [-0.3, -0.25) is 9.48 Å². The van der Waals surface area contributed by atoms with Crippen LogP contribution in [0.4, 0.5) is 0 Å². The van der Waals surface area contributed by atoms with Crippen molar-refractivity contribution in [3.05, 3.63) is 22.5 Å². The lowest BCUT2D eigenvalue weighted by molar-refractivity contribution is 0.0924. The maximum atomic E-state index is 13.1. The van der Waals surface area contributed by atoms with E-state index in [4.69, 9.17) is 16.1 Å². The van der Waals surface area contributed by atoms with E-state index in [1.54, 1.807) is 10.7 Å². The van der Waals surface area contributed by atoms with E-state index >= 15 is 0 Å². The lowest BCUT2D eigenvalue weighted by Crippen LogP contribution is -2.42. The zero-order valence-electron chi connectivity index (χ0n) is 18.7. The maximum Gasteiger partial charge on any atom is 0.256 e. The van der Waals surface area contributed by atoms with E-state index in [0.29, 0.717) is 45.9 Å². The summed E-state index contributed by atoms with van der Waals surface area (Å²) in [5, 5.41) is 15.7. The van der Waals surface area contributed by atoms with E-state index in [1.807, 2.05) is 13.8 Å². The van der Waals surface area contributed by atoms with Crippen LogP contribution in [0.25, 0.3) is 11.4 Å². The summed E-state index contributed by atoms with van der Waals surface area (Å²) in [6, 6.07) is 2.44. The third-order valence-corrected chi connectivity index (χ3v) is 6.04. The van der Waals surface area contributed by atoms with Gasteiger partial charge in [-0.2, -0.15) is 5.10 Å². The molecule has 30 heavy (non-hydrogen) atoms. The van der Waals surface area contributed by atoms with Crippen LogP contribution in [0.15, 0.2) is 10.6 Å². The highest BCUT2D eigenvalue weighted by Gasteiger charge is 2.28. The maximum absolute atomic E-state index is 13.1. The number of nitrogens with zero attached hydrogens (tertiary/aromatic N) is 3. The molecule has 1 aliphatic carbocycles. The van der Waals surface area contributed by atoms with Crippen LogP contribution in [-0.2, 0) is 6.54 Å². The largest absolute Gasteiger partial charge is 0.361 e. The highest BCUT2D eigenvalue weighted by molar-refractivity contribution is 6.33. The SMILES string of the molecule is CCn1nc(-c2cc(C)on2)c(C(=O)N[C@H]2CC[C@@H](NCCC(C)(C)C)CC2)c1Cl. The van der Waals surface area contributed by atoms with Crippen LogP contribution < -0.4 is 10.6 Å². The third kappa shape index (κ3) is 5.64. The first-order chi connectivity index (χ1) is 14.2. The van der Waals surface area contributed by atoms with Crippen molar-refractivity contribution in [2.24, 2.45) is 5.41 Å². The monoisotopic (exact) mass is 435 g/mol. The van der Waals surface area contributed by atoms with Gasteiger partial charge in [0, 0.05) is 24.7 Å². The Hall–Kier alpha value is -1.86. The van der Waals surface area contributed by atoms with Crippen molar-refractivity contribution in [1.82, 2.24) is 25.6 Å². The smallest absolute Gasteiger partial charge is 0.256 e. The minimum atomic E-state index is -0.195. The van der Waals surface area contributed by atoms with Gasteiger partial charge < -0.3 is 15.2 Å². The Bertz CT molecular complexity index is 859. The van der Waals surface area contributed by atoms with Gasteiger partial charge in [0.25, 0.3) is 5.91 Å². The Labute approximate surface area is 183 Å². The number of hydrogen-bond donors (Lipinski definition) is 2. The zero-order chi connectivity index (χ0) is 21.9. The van der Waals surface area contributed by atoms with Crippen LogP contribution in [-0.4, -0.2) is 39.5 Å². The molecule has 2 aromatic heterocycles. The molecule has 2 heterocycles. The summed E-state index contributed by atoms with van der Waals surface area (Å²) in [7, 11) is 0. The van der Waals surface area contributed by atoms with E-state index in [1.165, 1.54) is 0 Å². The molecule has 7 nitrogen and oxygen atoms in total. The summed E-state index contributed by atoms with van der Waals surface area (Å²) >= 11 is 6.49. The molecule has 3 rings (SSSR count). The molecule has 8 heteroatoms. The van der Waals surface area contributed by atoms with Crippen molar-refractivity contribution in [3.63, 3.8) is 0 Å². The van der Waals surface area contributed by atoms with Gasteiger partial charge in [-0.25, -0.2) is 0 Å². The number of halogens is 1. The van der Waals surface area contributed by atoms with Gasteiger partial charge in [0.05, 0.1) is 0 Å². The summed E-state index contributed by atoms with van der Waals surface area (Å²) in [6.45, 7) is 12.2. The van der Waals surface area contributed by atoms with Gasteiger partial charge in [-0.1, -0.05) is 37.5 Å². The van der Waals surface area contributed by atoms with Crippen molar-refractivity contribution in [3.8, 4) is 11.4 Å². The van der Waals surface area contributed by atoms with Gasteiger partial charge in [-0.15, -0.1) is 0 Å². The first kappa shape index (κ1) is 22.8. The molecule has 1 fully saturated rings. The average Bonchev–Trinajstić information content (AvgIpc) is 3.25. The Kier molecular flexibility index (Phi) is 7.24. The Morgan fingerprint density at radius 2 is 1.93 bits per heavy atom. The summed E-state index contributed by atoms with van der Waals surface area (Å²) in [4.78, 5) is 13.1. The third-order valence-electron chi connectivity index (χ3n) is 5.66. The molecule has 0 saturated heterocycles. The van der Waals surface area contributed by atoms with Crippen LogP contribution >= 0.6 is 11.6 Å². The predicted octanol–water partition coefficient (Wildman–Crippen LogP) is 4.59. The number of aryl methyl sites for hydroxylation is 2. The molecule has 1 saturated carbocycles. The van der Waals surface area contributed by atoms with Crippen LogP contribution in [0.5, 0.6) is 0 Å². The molecule has 0 unspecified atom stereocenters. The lowest BCUT2D eigenvalue weighted by Gasteiger charge is -2.30. The highest BCUT2D eigenvalue weighted by atomic mass is 35.5. The average molecular weight is 436 g/mol. The molecule has 166 valence electrons. The molecule has 1 amide bonds. The van der Waals surface area contributed by atoms with Gasteiger partial charge in [-0.05, 0) is 57.9 Å². The molecule has 0 aliphatic heterocycles. The Balaban J connectivity index is 1.61. The quantitative estimate of drug-likeness (QED) is 0.664. The second-order valence-electron chi connectivity index (χ2n) is 9.44. The summed E-state index contributed by atoms with van der Waals surface area (Å²) in [5.41, 5.74) is 1.71. The number of nitrogens with one attached hydrogen (secondary N) is 2. The Morgan fingerprint density at radius 3 is 2.50 bits per heavy atom. The van der Waals surface area contributed by atoms with Gasteiger partial charge >= 0.3 is 0 Å². The zero-order valence-corrected chi connectivity index (χ0v) is 19.5. The lowest BCUT2D eigenvalue weighted by atomic mass is 9.89. The standard InChI is InChI=1S/C22H34ClN5O2/c1-6-28-20(23)18(19(26-28)17-13-14(2)30-27-17)21(29)25-16-9-7-15(8-10-16)24-12-11-22(3,4)5/h13,15-16,24H,6-12H2,1-5H3,(H,25,29)/t15-,16+. The summed E-state index contributed by atoms with van der Waals surface area (Å²) < 4.78 is 6.79. The van der Waals surface area contributed by atoms with E-state index in [0.717, 1.165) is 38.6 Å². The molecule has 0 bridgehead atoms. The van der Waals surface area contributed by atoms with Gasteiger partial charge in [0.1, 0.15) is 27.9 Å². The van der Waals surface area contributed by atoms with Crippen molar-refractivity contribution < 1.29 is 9.32 Å². The topological polar surface area (TPSA) is 85.0 Å². The minimum Gasteiger partial charge on any atom is -0.361 e. The number of amides is 1. The van der Waals surface area contributed by atoms with E-state index in [9.17, 15) is 4.79 Å². The first-order valence-corrected chi connectivity index (χ1v) is 11.3. The second kappa shape index (κ2) is 9.52. The van der Waals surface area contributed by atoms with Crippen molar-refractivity contribution in [2.75, 3.05) is 6.54 Å². The van der Waals surface area contributed by atoms with Crippen LogP contribution in [0.3, 0.4) is 0 Å². The van der Waals surface area contributed by atoms with E-state index in [-0.39, 0.29) is 11.9 Å². The fourth-order valence-corrected chi connectivity index (χ4v) is 4.19. The molecule has 0 aromatic carbocycles. The molecular formula is C22H34ClN5O2. The van der Waals surface area contributed by atoms with Crippen molar-refractivity contribution >= 4 is 17.5 Å². The molecular weight excluding hydrogens is 402 g/mol. The van der Waals surface area contributed by atoms with Crippen molar-refractivity contribution in [1.29, 1.82) is 0 Å². The molecule has 0 spiro atoms. The molecule has 1 aliphatic rings. The molecule has 2 N–H and O–H groups in total.